The fourth-order valence-electron chi connectivity index (χ4n) is 2.45. The Morgan fingerprint density at radius 2 is 1.58 bits per heavy atom. The maximum atomic E-state index is 12.4. The molecule has 0 unspecified atom stereocenters. The summed E-state index contributed by atoms with van der Waals surface area (Å²) >= 11 is 0. The van der Waals surface area contributed by atoms with Gasteiger partial charge >= 0.3 is 0 Å². The molecule has 0 spiro atoms. The van der Waals surface area contributed by atoms with E-state index in [0.717, 1.165) is 0 Å². The van der Waals surface area contributed by atoms with Crippen molar-refractivity contribution in [3.05, 3.63) is 94.0 Å². The Hall–Kier alpha value is -3.67. The second kappa shape index (κ2) is 7.48. The van der Waals surface area contributed by atoms with Gasteiger partial charge in [-0.05, 0) is 49.4 Å². The van der Waals surface area contributed by atoms with Crippen molar-refractivity contribution in [1.29, 1.82) is 0 Å². The first-order chi connectivity index (χ1) is 12.5. The molecule has 0 saturated heterocycles. The van der Waals surface area contributed by atoms with Crippen molar-refractivity contribution >= 4 is 17.3 Å². The van der Waals surface area contributed by atoms with Gasteiger partial charge in [0, 0.05) is 11.6 Å². The topological polar surface area (TPSA) is 81.5 Å². The molecule has 0 fully saturated rings. The number of hydrogen-bond donors (Lipinski definition) is 1. The first-order valence-corrected chi connectivity index (χ1v) is 7.93. The molecule has 0 aliphatic carbocycles. The number of hydrogen-bond acceptors (Lipinski definition) is 4. The highest BCUT2D eigenvalue weighted by atomic mass is 16.6. The number of nitrogens with zero attached hydrogens (tertiary/aromatic N) is 1. The number of carbonyl (C=O) groups is 1. The summed E-state index contributed by atoms with van der Waals surface area (Å²) in [5.41, 5.74) is 1.22. The van der Waals surface area contributed by atoms with E-state index in [4.69, 9.17) is 4.74 Å². The molecule has 6 heteroatoms. The fourth-order valence-corrected chi connectivity index (χ4v) is 2.45. The van der Waals surface area contributed by atoms with Crippen LogP contribution >= 0.6 is 0 Å². The predicted molar refractivity (Wildman–Crippen MR) is 98.7 cm³/mol. The monoisotopic (exact) mass is 348 g/mol. The molecule has 3 aromatic carbocycles. The lowest BCUT2D eigenvalue weighted by molar-refractivity contribution is -0.385. The Morgan fingerprint density at radius 3 is 2.23 bits per heavy atom. The summed E-state index contributed by atoms with van der Waals surface area (Å²) in [6.07, 6.45) is 0. The van der Waals surface area contributed by atoms with Crippen LogP contribution in [0, 0.1) is 17.0 Å². The first kappa shape index (κ1) is 17.2. The minimum Gasteiger partial charge on any atom is -0.457 e. The van der Waals surface area contributed by atoms with E-state index in [1.165, 1.54) is 12.1 Å². The highest BCUT2D eigenvalue weighted by molar-refractivity contribution is 6.04. The van der Waals surface area contributed by atoms with Gasteiger partial charge in [0.2, 0.25) is 0 Å². The van der Waals surface area contributed by atoms with Crippen LogP contribution in [-0.2, 0) is 0 Å². The third-order valence-corrected chi connectivity index (χ3v) is 3.85. The molecule has 1 N–H and O–H groups in total. The van der Waals surface area contributed by atoms with Gasteiger partial charge in [0.05, 0.1) is 16.2 Å². The first-order valence-electron chi connectivity index (χ1n) is 7.93. The van der Waals surface area contributed by atoms with E-state index < -0.39 is 4.92 Å². The highest BCUT2D eigenvalue weighted by Crippen LogP contribution is 2.26. The molecule has 0 saturated carbocycles. The average Bonchev–Trinajstić information content (AvgIpc) is 2.64. The van der Waals surface area contributed by atoms with E-state index >= 15 is 0 Å². The van der Waals surface area contributed by atoms with Gasteiger partial charge in [-0.2, -0.15) is 0 Å². The van der Waals surface area contributed by atoms with Gasteiger partial charge in [-0.3, -0.25) is 14.9 Å². The van der Waals surface area contributed by atoms with Gasteiger partial charge in [-0.1, -0.05) is 24.3 Å². The molecular weight excluding hydrogens is 332 g/mol. The van der Waals surface area contributed by atoms with Gasteiger partial charge in [-0.25, -0.2) is 0 Å². The molecule has 0 radical (unpaired) electrons. The summed E-state index contributed by atoms with van der Waals surface area (Å²) < 4.78 is 5.69. The lowest BCUT2D eigenvalue weighted by atomic mass is 10.1. The molecule has 26 heavy (non-hydrogen) atoms. The Labute approximate surface area is 150 Å². The SMILES string of the molecule is Cc1c(NC(=O)c2ccc(Oc3ccccc3)cc2)cccc1[N+](=O)[O-]. The third kappa shape index (κ3) is 3.87. The molecule has 0 bridgehead atoms. The molecule has 6 nitrogen and oxygen atoms in total. The summed E-state index contributed by atoms with van der Waals surface area (Å²) in [7, 11) is 0. The number of ether oxygens (including phenoxy) is 1. The van der Waals surface area contributed by atoms with E-state index in [2.05, 4.69) is 5.32 Å². The van der Waals surface area contributed by atoms with Crippen LogP contribution in [0.25, 0.3) is 0 Å². The van der Waals surface area contributed by atoms with Crippen LogP contribution in [0.1, 0.15) is 15.9 Å². The third-order valence-electron chi connectivity index (χ3n) is 3.85. The summed E-state index contributed by atoms with van der Waals surface area (Å²) in [5.74, 6) is 0.969. The van der Waals surface area contributed by atoms with Crippen molar-refractivity contribution < 1.29 is 14.5 Å². The van der Waals surface area contributed by atoms with Gasteiger partial charge in [0.25, 0.3) is 11.6 Å². The maximum absolute atomic E-state index is 12.4. The van der Waals surface area contributed by atoms with Crippen LogP contribution in [0.5, 0.6) is 11.5 Å². The standard InChI is InChI=1S/C20H16N2O4/c1-14-18(8-5-9-19(14)22(24)25)21-20(23)15-10-12-17(13-11-15)26-16-6-3-2-4-7-16/h2-13H,1H3,(H,21,23). The number of amides is 1. The van der Waals surface area contributed by atoms with Gasteiger partial charge in [0.1, 0.15) is 11.5 Å². The quantitative estimate of drug-likeness (QED) is 0.522. The zero-order chi connectivity index (χ0) is 18.5. The van der Waals surface area contributed by atoms with Crippen molar-refractivity contribution in [2.75, 3.05) is 5.32 Å². The zero-order valence-electron chi connectivity index (χ0n) is 14.0. The molecule has 0 atom stereocenters. The largest absolute Gasteiger partial charge is 0.457 e. The minimum absolute atomic E-state index is 0.0330. The van der Waals surface area contributed by atoms with Crippen LogP contribution in [-0.4, -0.2) is 10.8 Å². The van der Waals surface area contributed by atoms with Gasteiger partial charge in [0.15, 0.2) is 0 Å². The predicted octanol–water partition coefficient (Wildman–Crippen LogP) is 4.95. The number of nitro groups is 1. The van der Waals surface area contributed by atoms with Crippen LogP contribution in [0.4, 0.5) is 11.4 Å². The maximum Gasteiger partial charge on any atom is 0.274 e. The Bertz CT molecular complexity index is 938. The van der Waals surface area contributed by atoms with E-state index in [0.29, 0.717) is 28.3 Å². The Morgan fingerprint density at radius 1 is 0.923 bits per heavy atom. The van der Waals surface area contributed by atoms with E-state index in [9.17, 15) is 14.9 Å². The van der Waals surface area contributed by atoms with Crippen molar-refractivity contribution in [1.82, 2.24) is 0 Å². The summed E-state index contributed by atoms with van der Waals surface area (Å²) in [4.78, 5) is 22.9. The Kier molecular flexibility index (Phi) is 4.94. The van der Waals surface area contributed by atoms with Crippen LogP contribution in [0.15, 0.2) is 72.8 Å². The highest BCUT2D eigenvalue weighted by Gasteiger charge is 2.15. The van der Waals surface area contributed by atoms with Gasteiger partial charge < -0.3 is 10.1 Å². The number of para-hydroxylation sites is 1. The number of carbonyl (C=O) groups excluding carboxylic acids is 1. The molecule has 3 rings (SSSR count). The summed E-state index contributed by atoms with van der Waals surface area (Å²) in [6, 6.07) is 20.6. The van der Waals surface area contributed by atoms with E-state index in [1.54, 1.807) is 37.3 Å². The molecular formula is C20H16N2O4. The van der Waals surface area contributed by atoms with Crippen molar-refractivity contribution in [2.24, 2.45) is 0 Å². The van der Waals surface area contributed by atoms with Crippen LogP contribution in [0.2, 0.25) is 0 Å². The van der Waals surface area contributed by atoms with Crippen molar-refractivity contribution in [3.8, 4) is 11.5 Å². The normalized spacial score (nSPS) is 10.2. The lowest BCUT2D eigenvalue weighted by Crippen LogP contribution is -2.13. The molecule has 0 aliphatic rings. The number of nitrogens with one attached hydrogen (secondary N) is 1. The number of benzene rings is 3. The molecule has 0 aromatic heterocycles. The van der Waals surface area contributed by atoms with Gasteiger partial charge in [-0.15, -0.1) is 0 Å². The Balaban J connectivity index is 1.73. The molecule has 0 aliphatic heterocycles. The smallest absolute Gasteiger partial charge is 0.274 e. The second-order valence-electron chi connectivity index (χ2n) is 5.60. The van der Waals surface area contributed by atoms with E-state index in [1.807, 2.05) is 30.3 Å². The second-order valence-corrected chi connectivity index (χ2v) is 5.60. The number of rotatable bonds is 5. The van der Waals surface area contributed by atoms with E-state index in [-0.39, 0.29) is 11.6 Å². The molecule has 3 aromatic rings. The molecule has 0 heterocycles. The number of anilines is 1. The average molecular weight is 348 g/mol. The lowest BCUT2D eigenvalue weighted by Gasteiger charge is -2.09. The number of nitro benzene ring substituents is 1. The van der Waals surface area contributed by atoms with Crippen LogP contribution < -0.4 is 10.1 Å². The minimum atomic E-state index is -0.472. The van der Waals surface area contributed by atoms with Crippen LogP contribution in [0.3, 0.4) is 0 Å². The summed E-state index contributed by atoms with van der Waals surface area (Å²) in [6.45, 7) is 1.60. The molecule has 130 valence electrons. The summed E-state index contributed by atoms with van der Waals surface area (Å²) in [5, 5.41) is 13.7. The zero-order valence-corrected chi connectivity index (χ0v) is 14.0. The fraction of sp³-hybridized carbons (Fsp3) is 0.0500. The van der Waals surface area contributed by atoms with Crippen molar-refractivity contribution in [2.45, 2.75) is 6.92 Å². The molecule has 1 amide bonds. The van der Waals surface area contributed by atoms with Crippen molar-refractivity contribution in [3.63, 3.8) is 0 Å².